The molecule has 0 atom stereocenters. The van der Waals surface area contributed by atoms with Crippen LogP contribution >= 0.6 is 23.1 Å². The highest BCUT2D eigenvalue weighted by Gasteiger charge is 2.15. The first-order valence-electron chi connectivity index (χ1n) is 9.61. The number of methoxy groups -OCH3 is 1. The average Bonchev–Trinajstić information content (AvgIpc) is 3.29. The van der Waals surface area contributed by atoms with Crippen molar-refractivity contribution in [3.63, 3.8) is 0 Å². The number of hydrogen-bond donors (Lipinski definition) is 1. The summed E-state index contributed by atoms with van der Waals surface area (Å²) in [6.45, 7) is 0.331. The Hall–Kier alpha value is -3.61. The van der Waals surface area contributed by atoms with E-state index in [9.17, 15) is 9.59 Å². The maximum Gasteiger partial charge on any atom is 0.272 e. The maximum absolute atomic E-state index is 13.1. The van der Waals surface area contributed by atoms with Gasteiger partial charge in [-0.15, -0.1) is 11.3 Å². The lowest BCUT2D eigenvalue weighted by atomic mass is 10.2. The third-order valence-corrected chi connectivity index (χ3v) is 6.51. The van der Waals surface area contributed by atoms with E-state index >= 15 is 0 Å². The molecule has 0 unspecified atom stereocenters. The molecule has 2 aromatic carbocycles. The normalized spacial score (nSPS) is 10.6. The van der Waals surface area contributed by atoms with E-state index in [0.29, 0.717) is 33.2 Å². The van der Waals surface area contributed by atoms with Crippen molar-refractivity contribution >= 4 is 44.9 Å². The van der Waals surface area contributed by atoms with E-state index in [1.165, 1.54) is 23.1 Å². The van der Waals surface area contributed by atoms with E-state index < -0.39 is 0 Å². The van der Waals surface area contributed by atoms with Crippen molar-refractivity contribution in [1.82, 2.24) is 9.55 Å². The zero-order valence-electron chi connectivity index (χ0n) is 17.1. The number of nitrogens with one attached hydrogen (secondary N) is 1. The molecule has 0 bridgehead atoms. The van der Waals surface area contributed by atoms with Crippen molar-refractivity contribution in [1.29, 1.82) is 5.26 Å². The number of thiophene rings is 1. The van der Waals surface area contributed by atoms with Gasteiger partial charge in [0.2, 0.25) is 5.91 Å². The highest BCUT2D eigenvalue weighted by atomic mass is 32.2. The van der Waals surface area contributed by atoms with Gasteiger partial charge >= 0.3 is 0 Å². The number of nitriles is 1. The van der Waals surface area contributed by atoms with Crippen LogP contribution in [0, 0.1) is 11.3 Å². The summed E-state index contributed by atoms with van der Waals surface area (Å²) < 4.78 is 7.37. The zero-order valence-corrected chi connectivity index (χ0v) is 18.7. The van der Waals surface area contributed by atoms with Gasteiger partial charge in [0.05, 0.1) is 36.6 Å². The Labute approximate surface area is 192 Å². The van der Waals surface area contributed by atoms with Crippen LogP contribution in [-0.2, 0) is 11.3 Å². The summed E-state index contributed by atoms with van der Waals surface area (Å²) in [5, 5.41) is 14.1. The van der Waals surface area contributed by atoms with Crippen LogP contribution in [0.15, 0.2) is 69.9 Å². The Morgan fingerprint density at radius 3 is 2.81 bits per heavy atom. The Morgan fingerprint density at radius 2 is 2.06 bits per heavy atom. The van der Waals surface area contributed by atoms with Crippen molar-refractivity contribution < 1.29 is 9.53 Å². The number of amides is 1. The van der Waals surface area contributed by atoms with E-state index in [2.05, 4.69) is 10.3 Å². The van der Waals surface area contributed by atoms with Crippen LogP contribution in [0.4, 0.5) is 5.69 Å². The van der Waals surface area contributed by atoms with Gasteiger partial charge in [-0.2, -0.15) is 5.26 Å². The van der Waals surface area contributed by atoms with Gasteiger partial charge in [-0.1, -0.05) is 30.0 Å². The van der Waals surface area contributed by atoms with Crippen molar-refractivity contribution in [2.24, 2.45) is 0 Å². The molecule has 160 valence electrons. The molecule has 0 spiro atoms. The van der Waals surface area contributed by atoms with E-state index in [0.717, 1.165) is 11.3 Å². The molecule has 0 saturated heterocycles. The van der Waals surface area contributed by atoms with Crippen LogP contribution in [0.25, 0.3) is 10.2 Å². The minimum Gasteiger partial charge on any atom is -0.497 e. The predicted molar refractivity (Wildman–Crippen MR) is 126 cm³/mol. The van der Waals surface area contributed by atoms with E-state index in [1.807, 2.05) is 35.7 Å². The molecule has 1 amide bonds. The van der Waals surface area contributed by atoms with Gasteiger partial charge in [-0.05, 0) is 47.3 Å². The minimum atomic E-state index is -0.249. The smallest absolute Gasteiger partial charge is 0.272 e. The number of ether oxygens (including phenoxy) is 1. The van der Waals surface area contributed by atoms with Gasteiger partial charge in [0, 0.05) is 5.69 Å². The average molecular weight is 463 g/mol. The van der Waals surface area contributed by atoms with Crippen molar-refractivity contribution in [3.05, 3.63) is 81.5 Å². The highest BCUT2D eigenvalue weighted by molar-refractivity contribution is 7.99. The molecule has 0 aliphatic heterocycles. The first-order valence-corrected chi connectivity index (χ1v) is 11.5. The quantitative estimate of drug-likeness (QED) is 0.328. The molecule has 9 heteroatoms. The van der Waals surface area contributed by atoms with Gasteiger partial charge in [0.1, 0.15) is 10.4 Å². The van der Waals surface area contributed by atoms with Crippen molar-refractivity contribution in [3.8, 4) is 11.8 Å². The van der Waals surface area contributed by atoms with Crippen molar-refractivity contribution in [2.75, 3.05) is 18.2 Å². The second kappa shape index (κ2) is 9.68. The van der Waals surface area contributed by atoms with Crippen LogP contribution in [-0.4, -0.2) is 28.3 Å². The number of hydrogen-bond acceptors (Lipinski definition) is 7. The van der Waals surface area contributed by atoms with E-state index in [-0.39, 0.29) is 17.2 Å². The summed E-state index contributed by atoms with van der Waals surface area (Å²) in [5.74, 6) is 0.557. The Morgan fingerprint density at radius 1 is 1.25 bits per heavy atom. The molecular formula is C23H18N4O3S2. The summed E-state index contributed by atoms with van der Waals surface area (Å²) >= 11 is 2.55. The van der Waals surface area contributed by atoms with Gasteiger partial charge in [-0.3, -0.25) is 14.2 Å². The number of anilines is 1. The van der Waals surface area contributed by atoms with Crippen LogP contribution in [0.5, 0.6) is 5.75 Å². The highest BCUT2D eigenvalue weighted by Crippen LogP contribution is 2.23. The second-order valence-electron chi connectivity index (χ2n) is 6.80. The third kappa shape index (κ3) is 4.82. The van der Waals surface area contributed by atoms with Crippen LogP contribution < -0.4 is 15.6 Å². The van der Waals surface area contributed by atoms with E-state index in [1.54, 1.807) is 42.0 Å². The first kappa shape index (κ1) is 21.6. The number of carbonyl (C=O) groups excluding carboxylic acids is 1. The monoisotopic (exact) mass is 462 g/mol. The summed E-state index contributed by atoms with van der Waals surface area (Å²) in [6.07, 6.45) is 0. The van der Waals surface area contributed by atoms with Crippen LogP contribution in [0.1, 0.15) is 11.1 Å². The number of fused-ring (bicyclic) bond motifs is 1. The number of rotatable bonds is 7. The topological polar surface area (TPSA) is 97.0 Å². The standard InChI is InChI=1S/C23H18N4O3S2/c1-30-18-7-5-15(6-8-18)13-27-22(29)21-19(9-10-31-21)26-23(27)32-14-20(28)25-17-4-2-3-16(11-17)12-24/h2-11H,13-14H2,1H3,(H,25,28). The summed E-state index contributed by atoms with van der Waals surface area (Å²) in [4.78, 5) is 30.2. The number of nitrogens with zero attached hydrogens (tertiary/aromatic N) is 3. The molecule has 4 aromatic rings. The lowest BCUT2D eigenvalue weighted by molar-refractivity contribution is -0.113. The predicted octanol–water partition coefficient (Wildman–Crippen LogP) is 4.12. The molecular weight excluding hydrogens is 444 g/mol. The SMILES string of the molecule is COc1ccc(Cn2c(SCC(=O)Nc3cccc(C#N)c3)nc3ccsc3c2=O)cc1. The summed E-state index contributed by atoms with van der Waals surface area (Å²) in [6, 6.07) is 18.0. The van der Waals surface area contributed by atoms with Gasteiger partial charge < -0.3 is 10.1 Å². The number of thioether (sulfide) groups is 1. The molecule has 4 rings (SSSR count). The zero-order chi connectivity index (χ0) is 22.5. The Bertz CT molecular complexity index is 1370. The molecule has 2 heterocycles. The molecule has 0 aliphatic rings. The fourth-order valence-electron chi connectivity index (χ4n) is 3.08. The number of carbonyl (C=O) groups is 1. The molecule has 7 nitrogen and oxygen atoms in total. The first-order chi connectivity index (χ1) is 15.6. The summed E-state index contributed by atoms with van der Waals surface area (Å²) in [5.41, 5.74) is 2.42. The van der Waals surface area contributed by atoms with Crippen LogP contribution in [0.2, 0.25) is 0 Å². The molecule has 0 saturated carbocycles. The maximum atomic E-state index is 13.1. The fourth-order valence-corrected chi connectivity index (χ4v) is 4.66. The number of aromatic nitrogens is 2. The lowest BCUT2D eigenvalue weighted by Gasteiger charge is -2.12. The fraction of sp³-hybridized carbons (Fsp3) is 0.130. The van der Waals surface area contributed by atoms with E-state index in [4.69, 9.17) is 10.00 Å². The van der Waals surface area contributed by atoms with Crippen molar-refractivity contribution in [2.45, 2.75) is 11.7 Å². The van der Waals surface area contributed by atoms with Gasteiger partial charge in [0.15, 0.2) is 5.16 Å². The Balaban J connectivity index is 1.56. The summed E-state index contributed by atoms with van der Waals surface area (Å²) in [7, 11) is 1.60. The molecule has 1 N–H and O–H groups in total. The number of benzene rings is 2. The second-order valence-corrected chi connectivity index (χ2v) is 8.66. The van der Waals surface area contributed by atoms with Gasteiger partial charge in [0.25, 0.3) is 5.56 Å². The minimum absolute atomic E-state index is 0.0709. The molecule has 32 heavy (non-hydrogen) atoms. The van der Waals surface area contributed by atoms with Gasteiger partial charge in [-0.25, -0.2) is 4.98 Å². The molecule has 2 aromatic heterocycles. The third-order valence-electron chi connectivity index (χ3n) is 4.64. The molecule has 0 aliphatic carbocycles. The lowest BCUT2D eigenvalue weighted by Crippen LogP contribution is -2.24. The Kier molecular flexibility index (Phi) is 6.54. The largest absolute Gasteiger partial charge is 0.497 e. The molecule has 0 radical (unpaired) electrons. The molecule has 0 fully saturated rings. The van der Waals surface area contributed by atoms with Crippen LogP contribution in [0.3, 0.4) is 0 Å².